The molecule has 2 aromatic heterocycles. The predicted molar refractivity (Wildman–Crippen MR) is 117 cm³/mol. The van der Waals surface area contributed by atoms with Crippen molar-refractivity contribution in [3.05, 3.63) is 23.3 Å². The number of hydrogen-bond acceptors (Lipinski definition) is 7. The van der Waals surface area contributed by atoms with Crippen LogP contribution in [0.25, 0.3) is 0 Å². The van der Waals surface area contributed by atoms with Crippen molar-refractivity contribution >= 4 is 17.7 Å². The van der Waals surface area contributed by atoms with Gasteiger partial charge in [-0.15, -0.1) is 0 Å². The number of rotatable bonds is 4. The van der Waals surface area contributed by atoms with Gasteiger partial charge in [-0.3, -0.25) is 10.00 Å². The normalized spacial score (nSPS) is 22.7. The molecule has 0 aliphatic carbocycles. The standard InChI is InChI=1S/C21H31FN8O2/c1-7-32-19-23-8-15(22)18(25-19)24-17-14-11-30(21(4,5)16(14)26-27-17)20(31)29-10-12(2)28(6)9-13(29)3/h8,12-13H,7,9-11H2,1-6H3,(H2,23,24,25,26,27)/t12-,13-/m0/s1. The molecule has 2 aliphatic heterocycles. The molecule has 0 bridgehead atoms. The van der Waals surface area contributed by atoms with E-state index in [1.165, 1.54) is 0 Å². The van der Waals surface area contributed by atoms with Crippen LogP contribution >= 0.6 is 0 Å². The van der Waals surface area contributed by atoms with Gasteiger partial charge in [0.1, 0.15) is 0 Å². The molecule has 0 aromatic carbocycles. The summed E-state index contributed by atoms with van der Waals surface area (Å²) in [6.45, 7) is 12.2. The van der Waals surface area contributed by atoms with E-state index in [2.05, 4.69) is 51.3 Å². The number of nitrogens with one attached hydrogen (secondary N) is 2. The molecule has 4 rings (SSSR count). The smallest absolute Gasteiger partial charge is 0.321 e. The first-order valence-electron chi connectivity index (χ1n) is 10.9. The molecular formula is C21H31FN8O2. The lowest BCUT2D eigenvalue weighted by Gasteiger charge is -2.45. The van der Waals surface area contributed by atoms with E-state index < -0.39 is 11.4 Å². The van der Waals surface area contributed by atoms with Gasteiger partial charge in [0, 0.05) is 30.7 Å². The van der Waals surface area contributed by atoms with Crippen molar-refractivity contribution in [3.63, 3.8) is 0 Å². The summed E-state index contributed by atoms with van der Waals surface area (Å²) in [5.74, 6) is -0.208. The fraction of sp³-hybridized carbons (Fsp3) is 0.619. The van der Waals surface area contributed by atoms with Crippen molar-refractivity contribution < 1.29 is 13.9 Å². The van der Waals surface area contributed by atoms with Gasteiger partial charge in [0.05, 0.1) is 30.6 Å². The Morgan fingerprint density at radius 1 is 1.31 bits per heavy atom. The Hall–Kier alpha value is -2.95. The third kappa shape index (κ3) is 3.74. The van der Waals surface area contributed by atoms with E-state index in [0.717, 1.165) is 24.0 Å². The minimum absolute atomic E-state index is 0.00940. The van der Waals surface area contributed by atoms with Crippen LogP contribution in [-0.4, -0.2) is 79.7 Å². The van der Waals surface area contributed by atoms with E-state index in [4.69, 9.17) is 4.74 Å². The SMILES string of the molecule is CCOc1ncc(F)c(Nc2n[nH]c3c2CN(C(=O)N2C[C@H](C)N(C)C[C@@H]2C)C3(C)C)n1. The van der Waals surface area contributed by atoms with Crippen molar-refractivity contribution in [2.24, 2.45) is 0 Å². The van der Waals surface area contributed by atoms with Crippen LogP contribution in [0, 0.1) is 5.82 Å². The second-order valence-electron chi connectivity index (χ2n) is 9.05. The Morgan fingerprint density at radius 2 is 2.06 bits per heavy atom. The predicted octanol–water partition coefficient (Wildman–Crippen LogP) is 2.68. The number of aromatic nitrogens is 4. The average molecular weight is 447 g/mol. The van der Waals surface area contributed by atoms with Gasteiger partial charge in [0.2, 0.25) is 0 Å². The van der Waals surface area contributed by atoms with E-state index in [-0.39, 0.29) is 29.9 Å². The van der Waals surface area contributed by atoms with Gasteiger partial charge in [-0.1, -0.05) is 0 Å². The minimum Gasteiger partial charge on any atom is -0.464 e. The van der Waals surface area contributed by atoms with Crippen LogP contribution in [0.4, 0.5) is 20.8 Å². The molecule has 0 radical (unpaired) electrons. The Kier molecular flexibility index (Phi) is 5.70. The maximum atomic E-state index is 14.3. The highest BCUT2D eigenvalue weighted by molar-refractivity contribution is 5.78. The number of fused-ring (bicyclic) bond motifs is 1. The fourth-order valence-corrected chi connectivity index (χ4v) is 4.40. The molecule has 0 saturated carbocycles. The van der Waals surface area contributed by atoms with Crippen LogP contribution in [0.2, 0.25) is 0 Å². The molecule has 32 heavy (non-hydrogen) atoms. The number of ether oxygens (including phenoxy) is 1. The zero-order valence-electron chi connectivity index (χ0n) is 19.4. The van der Waals surface area contributed by atoms with Gasteiger partial charge >= 0.3 is 12.0 Å². The molecule has 2 aromatic rings. The maximum absolute atomic E-state index is 14.3. The van der Waals surface area contributed by atoms with Crippen molar-refractivity contribution in [2.75, 3.05) is 32.1 Å². The van der Waals surface area contributed by atoms with E-state index in [0.29, 0.717) is 25.5 Å². The summed E-state index contributed by atoms with van der Waals surface area (Å²) in [7, 11) is 2.08. The number of piperazine rings is 1. The third-order valence-electron chi connectivity index (χ3n) is 6.48. The van der Waals surface area contributed by atoms with Crippen molar-refractivity contribution in [2.45, 2.75) is 58.8 Å². The van der Waals surface area contributed by atoms with Crippen LogP contribution in [0.1, 0.15) is 45.9 Å². The number of hydrogen-bond donors (Lipinski definition) is 2. The summed E-state index contributed by atoms with van der Waals surface area (Å²) in [5, 5.41) is 10.3. The average Bonchev–Trinajstić information content (AvgIpc) is 3.25. The zero-order valence-corrected chi connectivity index (χ0v) is 19.4. The lowest BCUT2D eigenvalue weighted by Crippen LogP contribution is -2.60. The molecule has 174 valence electrons. The van der Waals surface area contributed by atoms with Crippen LogP contribution in [-0.2, 0) is 12.1 Å². The molecule has 2 amide bonds. The molecule has 2 N–H and O–H groups in total. The molecule has 1 saturated heterocycles. The van der Waals surface area contributed by atoms with E-state index in [9.17, 15) is 9.18 Å². The molecule has 1 fully saturated rings. The molecule has 0 spiro atoms. The first-order valence-corrected chi connectivity index (χ1v) is 10.9. The number of aromatic amines is 1. The summed E-state index contributed by atoms with van der Waals surface area (Å²) in [6.07, 6.45) is 1.06. The van der Waals surface area contributed by atoms with Gasteiger partial charge in [-0.25, -0.2) is 14.2 Å². The Labute approximate surface area is 187 Å². The van der Waals surface area contributed by atoms with Crippen molar-refractivity contribution in [1.82, 2.24) is 34.9 Å². The van der Waals surface area contributed by atoms with Crippen LogP contribution in [0.3, 0.4) is 0 Å². The molecule has 0 unspecified atom stereocenters. The van der Waals surface area contributed by atoms with Gasteiger partial charge < -0.3 is 19.9 Å². The van der Waals surface area contributed by atoms with Crippen molar-refractivity contribution in [1.29, 1.82) is 0 Å². The quantitative estimate of drug-likeness (QED) is 0.744. The number of H-pyrrole nitrogens is 1. The number of nitrogens with zero attached hydrogens (tertiary/aromatic N) is 6. The summed E-state index contributed by atoms with van der Waals surface area (Å²) in [5.41, 5.74) is 1.05. The summed E-state index contributed by atoms with van der Waals surface area (Å²) < 4.78 is 19.6. The summed E-state index contributed by atoms with van der Waals surface area (Å²) in [4.78, 5) is 27.5. The Bertz CT molecular complexity index is 1010. The highest BCUT2D eigenvalue weighted by atomic mass is 19.1. The number of carbonyl (C=O) groups excluding carboxylic acids is 1. The zero-order chi connectivity index (χ0) is 23.2. The monoisotopic (exact) mass is 446 g/mol. The van der Waals surface area contributed by atoms with E-state index >= 15 is 0 Å². The number of halogens is 1. The first kappa shape index (κ1) is 22.3. The highest BCUT2D eigenvalue weighted by Gasteiger charge is 2.46. The number of anilines is 2. The molecule has 11 heteroatoms. The number of carbonyl (C=O) groups is 1. The maximum Gasteiger partial charge on any atom is 0.321 e. The first-order chi connectivity index (χ1) is 15.1. The van der Waals surface area contributed by atoms with Gasteiger partial charge in [0.25, 0.3) is 0 Å². The third-order valence-corrected chi connectivity index (χ3v) is 6.48. The van der Waals surface area contributed by atoms with Crippen LogP contribution < -0.4 is 10.1 Å². The number of likely N-dealkylation sites (N-methyl/N-ethyl adjacent to an activating group) is 1. The van der Waals surface area contributed by atoms with E-state index in [1.807, 2.05) is 23.6 Å². The molecular weight excluding hydrogens is 415 g/mol. The molecule has 2 aliphatic rings. The largest absolute Gasteiger partial charge is 0.464 e. The summed E-state index contributed by atoms with van der Waals surface area (Å²) >= 11 is 0. The summed E-state index contributed by atoms with van der Waals surface area (Å²) in [6, 6.07) is 0.475. The Morgan fingerprint density at radius 3 is 2.78 bits per heavy atom. The van der Waals surface area contributed by atoms with Gasteiger partial charge in [-0.2, -0.15) is 10.1 Å². The van der Waals surface area contributed by atoms with Crippen LogP contribution in [0.5, 0.6) is 6.01 Å². The highest BCUT2D eigenvalue weighted by Crippen LogP contribution is 2.42. The van der Waals surface area contributed by atoms with Crippen LogP contribution in [0.15, 0.2) is 6.20 Å². The minimum atomic E-state index is -0.615. The number of amides is 2. The molecule has 2 atom stereocenters. The lowest BCUT2D eigenvalue weighted by atomic mass is 10.0. The molecule has 4 heterocycles. The van der Waals surface area contributed by atoms with Gasteiger partial charge in [-0.05, 0) is 41.7 Å². The lowest BCUT2D eigenvalue weighted by molar-refractivity contribution is 0.0457. The topological polar surface area (TPSA) is 103 Å². The van der Waals surface area contributed by atoms with Crippen molar-refractivity contribution in [3.8, 4) is 6.01 Å². The Balaban J connectivity index is 1.58. The fourth-order valence-electron chi connectivity index (χ4n) is 4.40. The second-order valence-corrected chi connectivity index (χ2v) is 9.05. The molecule has 10 nitrogen and oxygen atoms in total. The van der Waals surface area contributed by atoms with E-state index in [1.54, 1.807) is 6.92 Å². The second kappa shape index (κ2) is 8.19. The van der Waals surface area contributed by atoms with Gasteiger partial charge in [0.15, 0.2) is 17.5 Å². The number of urea groups is 1.